The summed E-state index contributed by atoms with van der Waals surface area (Å²) in [6.45, 7) is 6.48. The molecule has 0 atom stereocenters. The molecule has 0 bridgehead atoms. The summed E-state index contributed by atoms with van der Waals surface area (Å²) >= 11 is 0. The second kappa shape index (κ2) is 5.57. The summed E-state index contributed by atoms with van der Waals surface area (Å²) in [6, 6.07) is 24.0. The number of aryl methyl sites for hydroxylation is 3. The average molecular weight is 272 g/mol. The molecule has 21 heavy (non-hydrogen) atoms. The number of hydrogen-bond donors (Lipinski definition) is 0. The van der Waals surface area contributed by atoms with Crippen LogP contribution >= 0.6 is 0 Å². The van der Waals surface area contributed by atoms with Crippen molar-refractivity contribution in [3.05, 3.63) is 83.4 Å². The van der Waals surface area contributed by atoms with Crippen molar-refractivity contribution in [2.45, 2.75) is 20.8 Å². The van der Waals surface area contributed by atoms with E-state index in [2.05, 4.69) is 87.5 Å². The molecule has 0 spiro atoms. The highest BCUT2D eigenvalue weighted by atomic mass is 14.1. The van der Waals surface area contributed by atoms with Gasteiger partial charge in [-0.1, -0.05) is 72.3 Å². The molecule has 0 saturated heterocycles. The lowest BCUT2D eigenvalue weighted by molar-refractivity contribution is 1.41. The zero-order valence-corrected chi connectivity index (χ0v) is 12.9. The van der Waals surface area contributed by atoms with Crippen LogP contribution in [0.25, 0.3) is 22.3 Å². The van der Waals surface area contributed by atoms with Crippen molar-refractivity contribution in [2.24, 2.45) is 0 Å². The van der Waals surface area contributed by atoms with Crippen molar-refractivity contribution < 1.29 is 0 Å². The minimum Gasteiger partial charge on any atom is -0.0620 e. The molecule has 0 heteroatoms. The SMILES string of the molecule is Cc1ccc(-c2ccc(-c3ccccc3C)cc2C)cc1. The van der Waals surface area contributed by atoms with Crippen LogP contribution in [-0.2, 0) is 0 Å². The van der Waals surface area contributed by atoms with Crippen molar-refractivity contribution in [1.29, 1.82) is 0 Å². The van der Waals surface area contributed by atoms with Crippen LogP contribution in [0, 0.1) is 20.8 Å². The Kier molecular flexibility index (Phi) is 3.62. The van der Waals surface area contributed by atoms with E-state index in [0.29, 0.717) is 0 Å². The zero-order valence-electron chi connectivity index (χ0n) is 12.9. The van der Waals surface area contributed by atoms with E-state index in [1.54, 1.807) is 0 Å². The minimum atomic E-state index is 1.29. The fourth-order valence-electron chi connectivity index (χ4n) is 2.79. The summed E-state index contributed by atoms with van der Waals surface area (Å²) in [5.41, 5.74) is 9.15. The van der Waals surface area contributed by atoms with Gasteiger partial charge in [0.25, 0.3) is 0 Å². The van der Waals surface area contributed by atoms with Crippen LogP contribution in [0.1, 0.15) is 16.7 Å². The summed E-state index contributed by atoms with van der Waals surface area (Å²) in [7, 11) is 0. The largest absolute Gasteiger partial charge is 0.0620 e. The molecule has 0 amide bonds. The van der Waals surface area contributed by atoms with Gasteiger partial charge in [-0.3, -0.25) is 0 Å². The topological polar surface area (TPSA) is 0 Å². The highest BCUT2D eigenvalue weighted by Crippen LogP contribution is 2.30. The quantitative estimate of drug-likeness (QED) is 0.541. The van der Waals surface area contributed by atoms with Gasteiger partial charge < -0.3 is 0 Å². The lowest BCUT2D eigenvalue weighted by atomic mass is 9.94. The molecule has 0 heterocycles. The number of benzene rings is 3. The Balaban J connectivity index is 2.04. The van der Waals surface area contributed by atoms with Crippen molar-refractivity contribution >= 4 is 0 Å². The van der Waals surface area contributed by atoms with Gasteiger partial charge in [0.05, 0.1) is 0 Å². The Morgan fingerprint density at radius 3 is 1.81 bits per heavy atom. The van der Waals surface area contributed by atoms with Crippen molar-refractivity contribution in [2.75, 3.05) is 0 Å². The molecule has 0 aromatic heterocycles. The summed E-state index contributed by atoms with van der Waals surface area (Å²) in [5.74, 6) is 0. The molecule has 0 aliphatic carbocycles. The maximum atomic E-state index is 2.29. The second-order valence-corrected chi connectivity index (χ2v) is 5.71. The van der Waals surface area contributed by atoms with E-state index >= 15 is 0 Å². The average Bonchev–Trinajstić information content (AvgIpc) is 2.49. The van der Waals surface area contributed by atoms with Crippen LogP contribution in [-0.4, -0.2) is 0 Å². The Morgan fingerprint density at radius 1 is 0.524 bits per heavy atom. The lowest BCUT2D eigenvalue weighted by Gasteiger charge is -2.11. The predicted molar refractivity (Wildman–Crippen MR) is 91.5 cm³/mol. The van der Waals surface area contributed by atoms with Crippen LogP contribution in [0.5, 0.6) is 0 Å². The van der Waals surface area contributed by atoms with Crippen molar-refractivity contribution in [1.82, 2.24) is 0 Å². The van der Waals surface area contributed by atoms with Crippen LogP contribution in [0.3, 0.4) is 0 Å². The van der Waals surface area contributed by atoms with Crippen LogP contribution in [0.15, 0.2) is 66.7 Å². The van der Waals surface area contributed by atoms with Crippen molar-refractivity contribution in [3.8, 4) is 22.3 Å². The zero-order chi connectivity index (χ0) is 14.8. The Morgan fingerprint density at radius 2 is 1.14 bits per heavy atom. The highest BCUT2D eigenvalue weighted by Gasteiger charge is 2.06. The number of rotatable bonds is 2. The summed E-state index contributed by atoms with van der Waals surface area (Å²) in [6.07, 6.45) is 0. The van der Waals surface area contributed by atoms with Crippen molar-refractivity contribution in [3.63, 3.8) is 0 Å². The minimum absolute atomic E-state index is 1.29. The fourth-order valence-corrected chi connectivity index (χ4v) is 2.79. The van der Waals surface area contributed by atoms with E-state index in [-0.39, 0.29) is 0 Å². The molecule has 0 aliphatic heterocycles. The molecule has 0 nitrogen and oxygen atoms in total. The van der Waals surface area contributed by atoms with Gasteiger partial charge in [0.2, 0.25) is 0 Å². The smallest absolute Gasteiger partial charge is 0.0154 e. The number of hydrogen-bond acceptors (Lipinski definition) is 0. The van der Waals surface area contributed by atoms with Gasteiger partial charge in [0.15, 0.2) is 0 Å². The second-order valence-electron chi connectivity index (χ2n) is 5.71. The molecule has 104 valence electrons. The molecule has 3 rings (SSSR count). The van der Waals surface area contributed by atoms with E-state index < -0.39 is 0 Å². The molecule has 0 saturated carbocycles. The monoisotopic (exact) mass is 272 g/mol. The van der Waals surface area contributed by atoms with E-state index in [1.165, 1.54) is 38.9 Å². The molecule has 0 fully saturated rings. The van der Waals surface area contributed by atoms with Gasteiger partial charge >= 0.3 is 0 Å². The Bertz CT molecular complexity index is 764. The van der Waals surface area contributed by atoms with Gasteiger partial charge in [-0.2, -0.15) is 0 Å². The standard InChI is InChI=1S/C21H20/c1-15-8-10-18(11-9-15)21-13-12-19(14-17(21)3)20-7-5-4-6-16(20)2/h4-14H,1-3H3. The van der Waals surface area contributed by atoms with Crippen LogP contribution in [0.4, 0.5) is 0 Å². The van der Waals surface area contributed by atoms with Gasteiger partial charge in [0, 0.05) is 0 Å². The van der Waals surface area contributed by atoms with E-state index in [1.807, 2.05) is 0 Å². The Hall–Kier alpha value is -2.34. The third-order valence-corrected chi connectivity index (χ3v) is 4.05. The fraction of sp³-hybridized carbons (Fsp3) is 0.143. The molecule has 3 aromatic carbocycles. The van der Waals surface area contributed by atoms with Gasteiger partial charge in [-0.15, -0.1) is 0 Å². The predicted octanol–water partition coefficient (Wildman–Crippen LogP) is 5.95. The van der Waals surface area contributed by atoms with Gasteiger partial charge in [-0.25, -0.2) is 0 Å². The maximum Gasteiger partial charge on any atom is -0.0154 e. The summed E-state index contributed by atoms with van der Waals surface area (Å²) in [5, 5.41) is 0. The van der Waals surface area contributed by atoms with Gasteiger partial charge in [-0.05, 0) is 54.2 Å². The normalized spacial score (nSPS) is 10.6. The van der Waals surface area contributed by atoms with E-state index in [0.717, 1.165) is 0 Å². The highest BCUT2D eigenvalue weighted by molar-refractivity contribution is 5.74. The van der Waals surface area contributed by atoms with E-state index in [9.17, 15) is 0 Å². The molecule has 0 N–H and O–H groups in total. The molecular formula is C21H20. The van der Waals surface area contributed by atoms with Crippen LogP contribution in [0.2, 0.25) is 0 Å². The third kappa shape index (κ3) is 2.75. The third-order valence-electron chi connectivity index (χ3n) is 4.05. The summed E-state index contributed by atoms with van der Waals surface area (Å²) < 4.78 is 0. The first-order valence-electron chi connectivity index (χ1n) is 7.39. The van der Waals surface area contributed by atoms with Gasteiger partial charge in [0.1, 0.15) is 0 Å². The first kappa shape index (κ1) is 13.6. The molecule has 0 unspecified atom stereocenters. The summed E-state index contributed by atoms with van der Waals surface area (Å²) in [4.78, 5) is 0. The molecule has 3 aromatic rings. The molecule has 0 aliphatic rings. The Labute approximate surface area is 127 Å². The molecule has 0 radical (unpaired) electrons. The first-order valence-corrected chi connectivity index (χ1v) is 7.39. The maximum absolute atomic E-state index is 2.29. The van der Waals surface area contributed by atoms with Crippen LogP contribution < -0.4 is 0 Å². The van der Waals surface area contributed by atoms with E-state index in [4.69, 9.17) is 0 Å². The lowest BCUT2D eigenvalue weighted by Crippen LogP contribution is -1.87. The molecular weight excluding hydrogens is 252 g/mol. The first-order chi connectivity index (χ1) is 10.1.